The lowest BCUT2D eigenvalue weighted by atomic mass is 10.0. The molecule has 0 saturated heterocycles. The second kappa shape index (κ2) is 7.03. The largest absolute Gasteiger partial charge is 0.467 e. The zero-order chi connectivity index (χ0) is 15.3. The molecule has 0 radical (unpaired) electrons. The van der Waals surface area contributed by atoms with Crippen molar-refractivity contribution in [2.75, 3.05) is 7.11 Å². The highest BCUT2D eigenvalue weighted by atomic mass is 19.1. The lowest BCUT2D eigenvalue weighted by Gasteiger charge is -2.18. The maximum absolute atomic E-state index is 13.6. The summed E-state index contributed by atoms with van der Waals surface area (Å²) in [5.41, 5.74) is 0.706. The van der Waals surface area contributed by atoms with Crippen LogP contribution in [0.1, 0.15) is 36.2 Å². The monoisotopic (exact) mass is 281 g/mol. The summed E-state index contributed by atoms with van der Waals surface area (Å²) in [6, 6.07) is 3.50. The molecule has 1 unspecified atom stereocenters. The number of aryl methyl sites for hydroxylation is 1. The van der Waals surface area contributed by atoms with Crippen molar-refractivity contribution >= 4 is 11.9 Å². The molecule has 1 atom stereocenters. The number of nitrogens with one attached hydrogen (secondary N) is 1. The van der Waals surface area contributed by atoms with E-state index in [1.165, 1.54) is 19.2 Å². The highest BCUT2D eigenvalue weighted by molar-refractivity contribution is 5.97. The van der Waals surface area contributed by atoms with Gasteiger partial charge in [-0.1, -0.05) is 25.5 Å². The van der Waals surface area contributed by atoms with Gasteiger partial charge >= 0.3 is 5.97 Å². The number of hydrogen-bond acceptors (Lipinski definition) is 3. The van der Waals surface area contributed by atoms with E-state index in [0.717, 1.165) is 5.56 Å². The molecule has 0 aliphatic rings. The van der Waals surface area contributed by atoms with Gasteiger partial charge in [-0.3, -0.25) is 4.79 Å². The number of hydrogen-bond donors (Lipinski definition) is 1. The van der Waals surface area contributed by atoms with Gasteiger partial charge in [0, 0.05) is 0 Å². The van der Waals surface area contributed by atoms with E-state index in [-0.39, 0.29) is 11.5 Å². The van der Waals surface area contributed by atoms with Crippen LogP contribution in [0, 0.1) is 18.7 Å². The second-order valence-corrected chi connectivity index (χ2v) is 5.16. The van der Waals surface area contributed by atoms with E-state index < -0.39 is 23.7 Å². The van der Waals surface area contributed by atoms with E-state index in [9.17, 15) is 14.0 Å². The molecule has 4 nitrogen and oxygen atoms in total. The molecule has 0 saturated carbocycles. The Balaban J connectivity index is 2.90. The maximum Gasteiger partial charge on any atom is 0.328 e. The van der Waals surface area contributed by atoms with E-state index in [1.54, 1.807) is 13.0 Å². The Labute approximate surface area is 118 Å². The van der Waals surface area contributed by atoms with Crippen molar-refractivity contribution in [1.82, 2.24) is 5.32 Å². The molecule has 110 valence electrons. The molecule has 20 heavy (non-hydrogen) atoms. The van der Waals surface area contributed by atoms with Gasteiger partial charge in [0.1, 0.15) is 11.9 Å². The molecule has 0 bridgehead atoms. The molecule has 1 amide bonds. The molecular weight excluding hydrogens is 261 g/mol. The standard InChI is InChI=1S/C15H20FNO3/c1-9(2)7-13(15(19)20-4)17-14(18)11-8-10(3)5-6-12(11)16/h5-6,8-9,13H,7H2,1-4H3,(H,17,18). The van der Waals surface area contributed by atoms with Crippen LogP contribution in [0.4, 0.5) is 4.39 Å². The van der Waals surface area contributed by atoms with Gasteiger partial charge in [-0.25, -0.2) is 9.18 Å². The van der Waals surface area contributed by atoms with Crippen molar-refractivity contribution in [3.8, 4) is 0 Å². The number of amides is 1. The zero-order valence-corrected chi connectivity index (χ0v) is 12.2. The number of rotatable bonds is 5. The van der Waals surface area contributed by atoms with E-state index in [0.29, 0.717) is 6.42 Å². The van der Waals surface area contributed by atoms with Gasteiger partial charge in [0.05, 0.1) is 12.7 Å². The summed E-state index contributed by atoms with van der Waals surface area (Å²) >= 11 is 0. The van der Waals surface area contributed by atoms with Crippen molar-refractivity contribution in [2.45, 2.75) is 33.2 Å². The van der Waals surface area contributed by atoms with Crippen LogP contribution < -0.4 is 5.32 Å². The predicted octanol–water partition coefficient (Wildman–Crippen LogP) is 2.45. The minimum absolute atomic E-state index is 0.0670. The van der Waals surface area contributed by atoms with E-state index in [2.05, 4.69) is 10.1 Å². The minimum atomic E-state index is -0.771. The lowest BCUT2D eigenvalue weighted by molar-refractivity contribution is -0.143. The molecule has 5 heteroatoms. The number of carbonyl (C=O) groups is 2. The Kier molecular flexibility index (Phi) is 5.67. The molecule has 0 heterocycles. The molecule has 0 aliphatic carbocycles. The van der Waals surface area contributed by atoms with Gasteiger partial charge < -0.3 is 10.1 Å². The Morgan fingerprint density at radius 3 is 2.55 bits per heavy atom. The van der Waals surface area contributed by atoms with Gasteiger partial charge in [0.2, 0.25) is 0 Å². The van der Waals surface area contributed by atoms with Crippen molar-refractivity contribution < 1.29 is 18.7 Å². The van der Waals surface area contributed by atoms with Crippen LogP contribution in [0.3, 0.4) is 0 Å². The smallest absolute Gasteiger partial charge is 0.328 e. The van der Waals surface area contributed by atoms with Crippen molar-refractivity contribution in [2.24, 2.45) is 5.92 Å². The molecule has 1 N–H and O–H groups in total. The lowest BCUT2D eigenvalue weighted by Crippen LogP contribution is -2.42. The van der Waals surface area contributed by atoms with Crippen LogP contribution in [-0.2, 0) is 9.53 Å². The molecule has 0 fully saturated rings. The SMILES string of the molecule is COC(=O)C(CC(C)C)NC(=O)c1cc(C)ccc1F. The fourth-order valence-corrected chi connectivity index (χ4v) is 1.88. The third-order valence-electron chi connectivity index (χ3n) is 2.86. The van der Waals surface area contributed by atoms with E-state index >= 15 is 0 Å². The van der Waals surface area contributed by atoms with Crippen LogP contribution in [0.5, 0.6) is 0 Å². The topological polar surface area (TPSA) is 55.4 Å². The third kappa shape index (κ3) is 4.33. The summed E-state index contributed by atoms with van der Waals surface area (Å²) < 4.78 is 18.3. The first kappa shape index (κ1) is 16.1. The van der Waals surface area contributed by atoms with Crippen LogP contribution in [-0.4, -0.2) is 25.0 Å². The van der Waals surface area contributed by atoms with Gasteiger partial charge in [0.25, 0.3) is 5.91 Å². The first-order chi connectivity index (χ1) is 9.35. The summed E-state index contributed by atoms with van der Waals surface area (Å²) in [6.07, 6.45) is 0.436. The van der Waals surface area contributed by atoms with Crippen LogP contribution in [0.15, 0.2) is 18.2 Å². The number of ether oxygens (including phenoxy) is 1. The summed E-state index contributed by atoms with van der Waals surface area (Å²) in [5, 5.41) is 2.53. The Morgan fingerprint density at radius 1 is 1.35 bits per heavy atom. The van der Waals surface area contributed by atoms with Gasteiger partial charge in [-0.15, -0.1) is 0 Å². The molecular formula is C15H20FNO3. The highest BCUT2D eigenvalue weighted by Crippen LogP contribution is 2.12. The predicted molar refractivity (Wildman–Crippen MR) is 73.9 cm³/mol. The average molecular weight is 281 g/mol. The third-order valence-corrected chi connectivity index (χ3v) is 2.86. The second-order valence-electron chi connectivity index (χ2n) is 5.16. The van der Waals surface area contributed by atoms with Gasteiger partial charge in [0.15, 0.2) is 0 Å². The van der Waals surface area contributed by atoms with Crippen LogP contribution in [0.2, 0.25) is 0 Å². The van der Waals surface area contributed by atoms with E-state index in [1.807, 2.05) is 13.8 Å². The first-order valence-corrected chi connectivity index (χ1v) is 6.50. The van der Waals surface area contributed by atoms with Gasteiger partial charge in [-0.2, -0.15) is 0 Å². The average Bonchev–Trinajstić information content (AvgIpc) is 2.39. The molecule has 1 aromatic carbocycles. The van der Waals surface area contributed by atoms with Gasteiger partial charge in [-0.05, 0) is 31.4 Å². The fraction of sp³-hybridized carbons (Fsp3) is 0.467. The summed E-state index contributed by atoms with van der Waals surface area (Å²) in [7, 11) is 1.26. The van der Waals surface area contributed by atoms with E-state index in [4.69, 9.17) is 0 Å². The Morgan fingerprint density at radius 2 is 2.00 bits per heavy atom. The Bertz CT molecular complexity index is 500. The normalized spacial score (nSPS) is 12.1. The molecule has 0 aliphatic heterocycles. The summed E-state index contributed by atoms with van der Waals surface area (Å²) in [5.74, 6) is -1.55. The molecule has 1 aromatic rings. The molecule has 0 aromatic heterocycles. The number of benzene rings is 1. The highest BCUT2D eigenvalue weighted by Gasteiger charge is 2.24. The number of esters is 1. The number of carbonyl (C=O) groups excluding carboxylic acids is 2. The Hall–Kier alpha value is -1.91. The minimum Gasteiger partial charge on any atom is -0.467 e. The fourth-order valence-electron chi connectivity index (χ4n) is 1.88. The summed E-state index contributed by atoms with van der Waals surface area (Å²) in [4.78, 5) is 23.7. The number of methoxy groups -OCH3 is 1. The number of halogens is 1. The van der Waals surface area contributed by atoms with Crippen LogP contribution in [0.25, 0.3) is 0 Å². The zero-order valence-electron chi connectivity index (χ0n) is 12.2. The van der Waals surface area contributed by atoms with Crippen LogP contribution >= 0.6 is 0 Å². The molecule has 1 rings (SSSR count). The summed E-state index contributed by atoms with van der Waals surface area (Å²) in [6.45, 7) is 5.62. The molecule has 0 spiro atoms. The van der Waals surface area contributed by atoms with Crippen molar-refractivity contribution in [3.63, 3.8) is 0 Å². The maximum atomic E-state index is 13.6. The first-order valence-electron chi connectivity index (χ1n) is 6.50. The van der Waals surface area contributed by atoms with Crippen molar-refractivity contribution in [1.29, 1.82) is 0 Å². The quantitative estimate of drug-likeness (QED) is 0.843. The van der Waals surface area contributed by atoms with Crippen molar-refractivity contribution in [3.05, 3.63) is 35.1 Å².